The smallest absolute Gasteiger partial charge is 0.173 e. The Kier molecular flexibility index (Phi) is 5.93. The first-order valence-electron chi connectivity index (χ1n) is 5.28. The molecule has 1 aromatic carbocycles. The van der Waals surface area contributed by atoms with E-state index in [1.54, 1.807) is 12.1 Å². The summed E-state index contributed by atoms with van der Waals surface area (Å²) in [6.07, 6.45) is 1.79. The topological polar surface area (TPSA) is 9.23 Å². The fourth-order valence-electron chi connectivity index (χ4n) is 1.31. The van der Waals surface area contributed by atoms with Crippen LogP contribution in [-0.2, 0) is 0 Å². The number of rotatable bonds is 6. The SMILES string of the molecule is CC(CCCl)CCOc1c(F)cccc1Cl. The number of benzene rings is 1. The third-order valence-corrected chi connectivity index (χ3v) is 2.89. The summed E-state index contributed by atoms with van der Waals surface area (Å²) in [6.45, 7) is 2.55. The first kappa shape index (κ1) is 13.6. The summed E-state index contributed by atoms with van der Waals surface area (Å²) in [4.78, 5) is 0. The quantitative estimate of drug-likeness (QED) is 0.687. The van der Waals surface area contributed by atoms with Crippen molar-refractivity contribution < 1.29 is 9.13 Å². The van der Waals surface area contributed by atoms with Crippen LogP contribution in [0, 0.1) is 11.7 Å². The molecule has 0 aliphatic carbocycles. The van der Waals surface area contributed by atoms with E-state index in [9.17, 15) is 4.39 Å². The molecule has 0 N–H and O–H groups in total. The maximum atomic E-state index is 13.3. The lowest BCUT2D eigenvalue weighted by Gasteiger charge is -2.12. The summed E-state index contributed by atoms with van der Waals surface area (Å²) < 4.78 is 18.6. The second-order valence-corrected chi connectivity index (χ2v) is 4.56. The molecule has 1 rings (SSSR count). The van der Waals surface area contributed by atoms with Crippen LogP contribution in [0.15, 0.2) is 18.2 Å². The minimum absolute atomic E-state index is 0.141. The predicted molar refractivity (Wildman–Crippen MR) is 66.0 cm³/mol. The van der Waals surface area contributed by atoms with Gasteiger partial charge in [0.05, 0.1) is 11.6 Å². The highest BCUT2D eigenvalue weighted by Crippen LogP contribution is 2.27. The minimum atomic E-state index is -0.419. The lowest BCUT2D eigenvalue weighted by molar-refractivity contribution is 0.270. The van der Waals surface area contributed by atoms with Gasteiger partial charge < -0.3 is 4.74 Å². The van der Waals surface area contributed by atoms with E-state index in [1.807, 2.05) is 0 Å². The highest BCUT2D eigenvalue weighted by molar-refractivity contribution is 6.32. The Balaban J connectivity index is 2.43. The summed E-state index contributed by atoms with van der Waals surface area (Å²) in [5.41, 5.74) is 0. The zero-order valence-electron chi connectivity index (χ0n) is 9.18. The Bertz CT molecular complexity index is 311. The molecule has 0 bridgehead atoms. The van der Waals surface area contributed by atoms with Crippen molar-refractivity contribution in [2.75, 3.05) is 12.5 Å². The molecule has 4 heteroatoms. The van der Waals surface area contributed by atoms with Gasteiger partial charge in [0.15, 0.2) is 11.6 Å². The van der Waals surface area contributed by atoms with E-state index in [-0.39, 0.29) is 5.75 Å². The van der Waals surface area contributed by atoms with Crippen LogP contribution in [0.25, 0.3) is 0 Å². The van der Waals surface area contributed by atoms with Gasteiger partial charge >= 0.3 is 0 Å². The second kappa shape index (κ2) is 6.97. The lowest BCUT2D eigenvalue weighted by atomic mass is 10.1. The second-order valence-electron chi connectivity index (χ2n) is 3.77. The fourth-order valence-corrected chi connectivity index (χ4v) is 1.90. The molecule has 1 atom stereocenters. The Labute approximate surface area is 106 Å². The van der Waals surface area contributed by atoms with Crippen molar-refractivity contribution in [3.05, 3.63) is 29.0 Å². The van der Waals surface area contributed by atoms with E-state index in [4.69, 9.17) is 27.9 Å². The van der Waals surface area contributed by atoms with E-state index in [0.717, 1.165) is 12.8 Å². The zero-order chi connectivity index (χ0) is 12.0. The molecule has 0 heterocycles. The number of para-hydroxylation sites is 1. The van der Waals surface area contributed by atoms with Crippen molar-refractivity contribution in [1.29, 1.82) is 0 Å². The number of hydrogen-bond acceptors (Lipinski definition) is 1. The molecule has 0 amide bonds. The summed E-state index contributed by atoms with van der Waals surface area (Å²) in [7, 11) is 0. The van der Waals surface area contributed by atoms with Crippen LogP contribution in [0.5, 0.6) is 5.75 Å². The Morgan fingerprint density at radius 3 is 2.75 bits per heavy atom. The predicted octanol–water partition coefficient (Wildman–Crippen LogP) is 4.51. The van der Waals surface area contributed by atoms with Crippen molar-refractivity contribution in [2.24, 2.45) is 5.92 Å². The van der Waals surface area contributed by atoms with Crippen LogP contribution in [0.2, 0.25) is 5.02 Å². The lowest BCUT2D eigenvalue weighted by Crippen LogP contribution is -2.06. The molecule has 0 saturated carbocycles. The molecular formula is C12H15Cl2FO. The first-order chi connectivity index (χ1) is 7.65. The van der Waals surface area contributed by atoms with Gasteiger partial charge in [0.25, 0.3) is 0 Å². The molecule has 0 aliphatic rings. The van der Waals surface area contributed by atoms with E-state index < -0.39 is 5.82 Å². The van der Waals surface area contributed by atoms with Gasteiger partial charge in [-0.15, -0.1) is 11.6 Å². The van der Waals surface area contributed by atoms with Gasteiger partial charge in [-0.3, -0.25) is 0 Å². The van der Waals surface area contributed by atoms with Crippen LogP contribution in [0.1, 0.15) is 19.8 Å². The van der Waals surface area contributed by atoms with Gasteiger partial charge in [0.2, 0.25) is 0 Å². The molecule has 1 nitrogen and oxygen atoms in total. The van der Waals surface area contributed by atoms with Crippen molar-refractivity contribution in [2.45, 2.75) is 19.8 Å². The third kappa shape index (κ3) is 4.18. The maximum Gasteiger partial charge on any atom is 0.173 e. The van der Waals surface area contributed by atoms with Crippen molar-refractivity contribution >= 4 is 23.2 Å². The average molecular weight is 265 g/mol. The van der Waals surface area contributed by atoms with Gasteiger partial charge in [0, 0.05) is 5.88 Å². The van der Waals surface area contributed by atoms with Crippen molar-refractivity contribution in [3.63, 3.8) is 0 Å². The van der Waals surface area contributed by atoms with Crippen LogP contribution in [0.4, 0.5) is 4.39 Å². The minimum Gasteiger partial charge on any atom is -0.489 e. The molecule has 1 unspecified atom stereocenters. The molecule has 0 aromatic heterocycles. The number of halogens is 3. The number of hydrogen-bond donors (Lipinski definition) is 0. The molecule has 1 aromatic rings. The summed E-state index contributed by atoms with van der Waals surface area (Å²) in [5, 5.41) is 0.310. The van der Waals surface area contributed by atoms with E-state index in [1.165, 1.54) is 6.07 Å². The van der Waals surface area contributed by atoms with Gasteiger partial charge in [0.1, 0.15) is 0 Å². The molecule has 0 spiro atoms. The van der Waals surface area contributed by atoms with Crippen LogP contribution < -0.4 is 4.74 Å². The molecule has 90 valence electrons. The number of alkyl halides is 1. The average Bonchev–Trinajstić information content (AvgIpc) is 2.23. The Morgan fingerprint density at radius 1 is 1.38 bits per heavy atom. The summed E-state index contributed by atoms with van der Waals surface area (Å²) in [5.74, 6) is 0.838. The first-order valence-corrected chi connectivity index (χ1v) is 6.19. The normalized spacial score (nSPS) is 12.5. The van der Waals surface area contributed by atoms with Crippen LogP contribution in [-0.4, -0.2) is 12.5 Å². The summed E-state index contributed by atoms with van der Waals surface area (Å²) in [6, 6.07) is 4.51. The van der Waals surface area contributed by atoms with Gasteiger partial charge in [-0.25, -0.2) is 4.39 Å². The molecular weight excluding hydrogens is 250 g/mol. The van der Waals surface area contributed by atoms with Crippen LogP contribution in [0.3, 0.4) is 0 Å². The molecule has 16 heavy (non-hydrogen) atoms. The third-order valence-electron chi connectivity index (χ3n) is 2.38. The van der Waals surface area contributed by atoms with E-state index >= 15 is 0 Å². The molecule has 0 radical (unpaired) electrons. The fraction of sp³-hybridized carbons (Fsp3) is 0.500. The largest absolute Gasteiger partial charge is 0.489 e. The van der Waals surface area contributed by atoms with E-state index in [0.29, 0.717) is 23.4 Å². The molecule has 0 saturated heterocycles. The number of ether oxygens (including phenoxy) is 1. The van der Waals surface area contributed by atoms with Crippen molar-refractivity contribution in [1.82, 2.24) is 0 Å². The Hall–Kier alpha value is -0.470. The zero-order valence-corrected chi connectivity index (χ0v) is 10.7. The highest BCUT2D eigenvalue weighted by Gasteiger charge is 2.08. The Morgan fingerprint density at radius 2 is 2.12 bits per heavy atom. The van der Waals surface area contributed by atoms with E-state index in [2.05, 4.69) is 6.92 Å². The molecule has 0 fully saturated rings. The van der Waals surface area contributed by atoms with Crippen LogP contribution >= 0.6 is 23.2 Å². The monoisotopic (exact) mass is 264 g/mol. The standard InChI is InChI=1S/C12H15Cl2FO/c1-9(5-7-13)6-8-16-12-10(14)3-2-4-11(12)15/h2-4,9H,5-8H2,1H3. The highest BCUT2D eigenvalue weighted by atomic mass is 35.5. The summed E-state index contributed by atoms with van der Waals surface area (Å²) >= 11 is 11.4. The van der Waals surface area contributed by atoms with Gasteiger partial charge in [-0.1, -0.05) is 24.6 Å². The molecule has 0 aliphatic heterocycles. The van der Waals surface area contributed by atoms with Gasteiger partial charge in [-0.05, 0) is 30.9 Å². The van der Waals surface area contributed by atoms with Gasteiger partial charge in [-0.2, -0.15) is 0 Å². The van der Waals surface area contributed by atoms with Crippen molar-refractivity contribution in [3.8, 4) is 5.75 Å². The maximum absolute atomic E-state index is 13.3.